The fraction of sp³-hybridized carbons (Fsp3) is 0.625. The van der Waals surface area contributed by atoms with Crippen LogP contribution in [0.1, 0.15) is 16.8 Å². The lowest BCUT2D eigenvalue weighted by Gasteiger charge is -2.33. The molecule has 3 rings (SSSR count). The van der Waals surface area contributed by atoms with Gasteiger partial charge in [0.15, 0.2) is 0 Å². The summed E-state index contributed by atoms with van der Waals surface area (Å²) in [4.78, 5) is 27.8. The van der Waals surface area contributed by atoms with Crippen LogP contribution in [0, 0.1) is 0 Å². The number of morpholine rings is 1. The number of carbonyl (C=O) groups is 1. The molecule has 2 fully saturated rings. The minimum atomic E-state index is -0.867. The van der Waals surface area contributed by atoms with E-state index in [1.54, 1.807) is 24.2 Å². The summed E-state index contributed by atoms with van der Waals surface area (Å²) < 4.78 is 6.71. The molecule has 0 aromatic carbocycles. The van der Waals surface area contributed by atoms with Gasteiger partial charge in [0.05, 0.1) is 30.9 Å². The topological polar surface area (TPSA) is 75.0 Å². The molecule has 0 spiro atoms. The van der Waals surface area contributed by atoms with Crippen molar-refractivity contribution in [1.82, 2.24) is 14.4 Å². The SMILES string of the molecule is Cn1cc(C(=O)N2CC[C@@](O)(CN3CCOCC3)C2)ccc1=O. The van der Waals surface area contributed by atoms with E-state index >= 15 is 0 Å². The van der Waals surface area contributed by atoms with Crippen LogP contribution in [0.25, 0.3) is 0 Å². The van der Waals surface area contributed by atoms with Gasteiger partial charge in [0.1, 0.15) is 0 Å². The molecule has 1 aromatic heterocycles. The summed E-state index contributed by atoms with van der Waals surface area (Å²) in [5.41, 5.74) is -0.539. The van der Waals surface area contributed by atoms with Gasteiger partial charge in [0.2, 0.25) is 5.56 Å². The second kappa shape index (κ2) is 6.43. The van der Waals surface area contributed by atoms with E-state index in [4.69, 9.17) is 4.74 Å². The zero-order chi connectivity index (χ0) is 16.4. The van der Waals surface area contributed by atoms with E-state index < -0.39 is 5.60 Å². The minimum absolute atomic E-state index is 0.140. The van der Waals surface area contributed by atoms with Gasteiger partial charge in [-0.1, -0.05) is 0 Å². The van der Waals surface area contributed by atoms with Gasteiger partial charge in [-0.3, -0.25) is 14.5 Å². The predicted octanol–water partition coefficient (Wildman–Crippen LogP) is -0.705. The van der Waals surface area contributed by atoms with Crippen molar-refractivity contribution >= 4 is 5.91 Å². The van der Waals surface area contributed by atoms with Crippen LogP contribution in [0.3, 0.4) is 0 Å². The molecule has 0 saturated carbocycles. The van der Waals surface area contributed by atoms with Crippen molar-refractivity contribution in [2.75, 3.05) is 45.9 Å². The molecule has 0 aliphatic carbocycles. The Morgan fingerprint density at radius 3 is 2.74 bits per heavy atom. The van der Waals surface area contributed by atoms with Gasteiger partial charge in [-0.05, 0) is 12.5 Å². The van der Waals surface area contributed by atoms with Crippen molar-refractivity contribution in [3.63, 3.8) is 0 Å². The monoisotopic (exact) mass is 321 g/mol. The Labute approximate surface area is 135 Å². The van der Waals surface area contributed by atoms with E-state index in [9.17, 15) is 14.7 Å². The summed E-state index contributed by atoms with van der Waals surface area (Å²) in [6.07, 6.45) is 2.12. The predicted molar refractivity (Wildman–Crippen MR) is 84.4 cm³/mol. The molecule has 1 amide bonds. The van der Waals surface area contributed by atoms with Gasteiger partial charge in [0.25, 0.3) is 5.91 Å². The second-order valence-corrected chi connectivity index (χ2v) is 6.46. The van der Waals surface area contributed by atoms with Gasteiger partial charge < -0.3 is 19.3 Å². The molecular formula is C16H23N3O4. The zero-order valence-corrected chi connectivity index (χ0v) is 13.4. The highest BCUT2D eigenvalue weighted by Crippen LogP contribution is 2.24. The quantitative estimate of drug-likeness (QED) is 0.796. The number of pyridine rings is 1. The number of nitrogens with zero attached hydrogens (tertiary/aromatic N) is 3. The van der Waals surface area contributed by atoms with Crippen molar-refractivity contribution in [3.05, 3.63) is 34.2 Å². The number of aromatic nitrogens is 1. The summed E-state index contributed by atoms with van der Waals surface area (Å²) in [6, 6.07) is 2.94. The fourth-order valence-corrected chi connectivity index (χ4v) is 3.24. The summed E-state index contributed by atoms with van der Waals surface area (Å²) in [7, 11) is 1.62. The van der Waals surface area contributed by atoms with Crippen molar-refractivity contribution in [1.29, 1.82) is 0 Å². The molecule has 0 radical (unpaired) electrons. The van der Waals surface area contributed by atoms with Crippen LogP contribution >= 0.6 is 0 Å². The number of ether oxygens (including phenoxy) is 1. The van der Waals surface area contributed by atoms with Crippen molar-refractivity contribution < 1.29 is 14.6 Å². The van der Waals surface area contributed by atoms with E-state index in [0.29, 0.717) is 44.8 Å². The van der Waals surface area contributed by atoms with E-state index in [2.05, 4.69) is 4.90 Å². The van der Waals surface area contributed by atoms with Crippen molar-refractivity contribution in [2.45, 2.75) is 12.0 Å². The third-order valence-electron chi connectivity index (χ3n) is 4.57. The Bertz CT molecular complexity index is 638. The van der Waals surface area contributed by atoms with Crippen molar-refractivity contribution in [2.24, 2.45) is 7.05 Å². The molecule has 0 unspecified atom stereocenters. The molecular weight excluding hydrogens is 298 g/mol. The van der Waals surface area contributed by atoms with E-state index in [1.165, 1.54) is 10.6 Å². The maximum Gasteiger partial charge on any atom is 0.255 e. The first-order valence-electron chi connectivity index (χ1n) is 7.95. The first kappa shape index (κ1) is 16.2. The summed E-state index contributed by atoms with van der Waals surface area (Å²) >= 11 is 0. The molecule has 23 heavy (non-hydrogen) atoms. The Morgan fingerprint density at radius 1 is 1.30 bits per heavy atom. The molecule has 126 valence electrons. The van der Waals surface area contributed by atoms with Crippen molar-refractivity contribution in [3.8, 4) is 0 Å². The Balaban J connectivity index is 1.64. The van der Waals surface area contributed by atoms with Gasteiger partial charge in [0, 0.05) is 45.5 Å². The Kier molecular flexibility index (Phi) is 4.52. The lowest BCUT2D eigenvalue weighted by atomic mass is 10.0. The zero-order valence-electron chi connectivity index (χ0n) is 13.4. The van der Waals surface area contributed by atoms with Crippen LogP contribution in [-0.2, 0) is 11.8 Å². The summed E-state index contributed by atoms with van der Waals surface area (Å²) in [6.45, 7) is 4.43. The Morgan fingerprint density at radius 2 is 2.04 bits per heavy atom. The van der Waals surface area contributed by atoms with E-state index in [-0.39, 0.29) is 11.5 Å². The molecule has 3 heterocycles. The Hall–Kier alpha value is -1.70. The maximum absolute atomic E-state index is 12.6. The van der Waals surface area contributed by atoms with Crippen LogP contribution in [-0.4, -0.2) is 76.9 Å². The lowest BCUT2D eigenvalue weighted by molar-refractivity contribution is -0.0257. The number of aliphatic hydroxyl groups is 1. The number of aryl methyl sites for hydroxylation is 1. The van der Waals surface area contributed by atoms with Crippen LogP contribution in [0.2, 0.25) is 0 Å². The number of hydrogen-bond acceptors (Lipinski definition) is 5. The first-order valence-corrected chi connectivity index (χ1v) is 7.95. The number of rotatable bonds is 3. The standard InChI is InChI=1S/C16H23N3O4/c1-17-10-13(2-3-14(17)20)15(21)19-5-4-16(22,12-19)11-18-6-8-23-9-7-18/h2-3,10,22H,4-9,11-12H2,1H3/t16-/m1/s1. The molecule has 1 aromatic rings. The van der Waals surface area contributed by atoms with Gasteiger partial charge in [-0.2, -0.15) is 0 Å². The highest BCUT2D eigenvalue weighted by Gasteiger charge is 2.39. The van der Waals surface area contributed by atoms with Gasteiger partial charge >= 0.3 is 0 Å². The smallest absolute Gasteiger partial charge is 0.255 e. The summed E-state index contributed by atoms with van der Waals surface area (Å²) in [5.74, 6) is -0.140. The number of carbonyl (C=O) groups excluding carboxylic acids is 1. The molecule has 2 aliphatic heterocycles. The first-order chi connectivity index (χ1) is 11.0. The number of amides is 1. The summed E-state index contributed by atoms with van der Waals surface area (Å²) in [5, 5.41) is 10.8. The van der Waals surface area contributed by atoms with Crippen LogP contribution in [0.5, 0.6) is 0 Å². The van der Waals surface area contributed by atoms with E-state index in [1.807, 2.05) is 0 Å². The molecule has 1 N–H and O–H groups in total. The minimum Gasteiger partial charge on any atom is -0.387 e. The maximum atomic E-state index is 12.6. The van der Waals surface area contributed by atoms with Crippen LogP contribution in [0.4, 0.5) is 0 Å². The lowest BCUT2D eigenvalue weighted by Crippen LogP contribution is -2.49. The molecule has 7 nitrogen and oxygen atoms in total. The molecule has 0 bridgehead atoms. The molecule has 2 aliphatic rings. The number of hydrogen-bond donors (Lipinski definition) is 1. The van der Waals surface area contributed by atoms with E-state index in [0.717, 1.165) is 13.1 Å². The van der Waals surface area contributed by atoms with Gasteiger partial charge in [-0.25, -0.2) is 0 Å². The molecule has 1 atom stereocenters. The molecule has 7 heteroatoms. The largest absolute Gasteiger partial charge is 0.387 e. The third kappa shape index (κ3) is 3.63. The average molecular weight is 321 g/mol. The highest BCUT2D eigenvalue weighted by molar-refractivity contribution is 5.94. The second-order valence-electron chi connectivity index (χ2n) is 6.46. The number of likely N-dealkylation sites (tertiary alicyclic amines) is 1. The number of β-amino-alcohol motifs (C(OH)–C–C–N with tert-alkyl or cyclic N) is 1. The highest BCUT2D eigenvalue weighted by atomic mass is 16.5. The fourth-order valence-electron chi connectivity index (χ4n) is 3.24. The van der Waals surface area contributed by atoms with Crippen LogP contribution in [0.15, 0.2) is 23.1 Å². The normalized spacial score (nSPS) is 25.7. The van der Waals surface area contributed by atoms with Crippen LogP contribution < -0.4 is 5.56 Å². The van der Waals surface area contributed by atoms with Gasteiger partial charge in [-0.15, -0.1) is 0 Å². The molecule has 2 saturated heterocycles. The third-order valence-corrected chi connectivity index (χ3v) is 4.57. The average Bonchev–Trinajstić information content (AvgIpc) is 2.92.